The van der Waals surface area contributed by atoms with Gasteiger partial charge >= 0.3 is 88.4 Å². The summed E-state index contributed by atoms with van der Waals surface area (Å²) < 4.78 is 25.2. The Morgan fingerprint density at radius 3 is 2.59 bits per heavy atom. The monoisotopic (exact) mass is 499 g/mol. The van der Waals surface area contributed by atoms with Crippen LogP contribution in [0.3, 0.4) is 0 Å². The molecule has 0 aliphatic heterocycles. The summed E-state index contributed by atoms with van der Waals surface area (Å²) >= 11 is -1.78. The van der Waals surface area contributed by atoms with Gasteiger partial charge in [0.25, 0.3) is 0 Å². The van der Waals surface area contributed by atoms with Gasteiger partial charge in [-0.25, -0.2) is 4.98 Å². The Morgan fingerprint density at radius 1 is 1.28 bits per heavy atom. The fourth-order valence-electron chi connectivity index (χ4n) is 2.02. The van der Waals surface area contributed by atoms with E-state index in [1.165, 1.54) is 25.1 Å². The topological polar surface area (TPSA) is 142 Å². The normalized spacial score (nSPS) is 12.4. The van der Waals surface area contributed by atoms with Crippen LogP contribution >= 0.6 is 23.1 Å². The van der Waals surface area contributed by atoms with E-state index in [-0.39, 0.29) is 22.6 Å². The number of para-hydroxylation sites is 1. The fraction of sp³-hybridized carbons (Fsp3) is 0.118. The second-order valence-corrected chi connectivity index (χ2v) is 11.1. The Kier molecular flexibility index (Phi) is 9.05. The van der Waals surface area contributed by atoms with E-state index in [0.717, 1.165) is 14.8 Å². The number of carbonyl (C=O) groups excluding carboxylic acids is 1. The number of pyridine rings is 1. The van der Waals surface area contributed by atoms with E-state index in [9.17, 15) is 12.6 Å². The zero-order chi connectivity index (χ0) is 21.3. The summed E-state index contributed by atoms with van der Waals surface area (Å²) in [7, 11) is 0. The van der Waals surface area contributed by atoms with Gasteiger partial charge in [-0.3, -0.25) is 4.98 Å². The van der Waals surface area contributed by atoms with Crippen LogP contribution in [0, 0.1) is 0 Å². The van der Waals surface area contributed by atoms with Crippen molar-refractivity contribution in [3.8, 4) is 0 Å². The number of nitrogens with one attached hydrogen (secondary N) is 1. The number of hydrogen-bond donors (Lipinski definition) is 4. The predicted molar refractivity (Wildman–Crippen MR) is 109 cm³/mol. The van der Waals surface area contributed by atoms with Gasteiger partial charge in [0.05, 0.1) is 22.0 Å². The van der Waals surface area contributed by atoms with Gasteiger partial charge in [-0.2, -0.15) is 0 Å². The van der Waals surface area contributed by atoms with E-state index in [4.69, 9.17) is 10.4 Å². The molecule has 0 saturated heterocycles. The zero-order valence-corrected chi connectivity index (χ0v) is 18.6. The van der Waals surface area contributed by atoms with E-state index in [1.54, 1.807) is 47.1 Å². The number of aliphatic hydroxyl groups is 1. The third-order valence-corrected chi connectivity index (χ3v) is 7.93. The molecule has 2 heterocycles. The molecule has 3 rings (SSSR count). The molecule has 0 saturated carbocycles. The Hall–Kier alpha value is -1.98. The van der Waals surface area contributed by atoms with Gasteiger partial charge < -0.3 is 5.11 Å². The molecule has 9 nitrogen and oxygen atoms in total. The molecule has 1 unspecified atom stereocenters. The number of amides is 1. The molecule has 0 radical (unpaired) electrons. The molecular formula is C17H18AsN3O6S2. The Bertz CT molecular complexity index is 986. The van der Waals surface area contributed by atoms with Gasteiger partial charge in [0.2, 0.25) is 0 Å². The molecule has 0 fully saturated rings. The SMILES string of the molecule is CC(=O)Nc1ccccc1[As](=O)(O)OO.OCc1ncsc1Sc1ccncc1. The van der Waals surface area contributed by atoms with Crippen molar-refractivity contribution in [1.29, 1.82) is 0 Å². The number of benzene rings is 1. The molecule has 12 heteroatoms. The summed E-state index contributed by atoms with van der Waals surface area (Å²) in [5, 5.41) is 19.7. The van der Waals surface area contributed by atoms with Crippen LogP contribution in [0.4, 0.5) is 5.69 Å². The van der Waals surface area contributed by atoms with Crippen molar-refractivity contribution in [2.24, 2.45) is 0 Å². The van der Waals surface area contributed by atoms with Gasteiger partial charge in [0.15, 0.2) is 0 Å². The molecule has 1 atom stereocenters. The second kappa shape index (κ2) is 11.3. The summed E-state index contributed by atoms with van der Waals surface area (Å²) in [4.78, 5) is 19.9. The van der Waals surface area contributed by atoms with Gasteiger partial charge in [-0.1, -0.05) is 11.8 Å². The smallest absolute Gasteiger partial charge is 0.0907 e. The van der Waals surface area contributed by atoms with Crippen molar-refractivity contribution in [1.82, 2.24) is 9.97 Å². The number of hydrogen-bond acceptors (Lipinski definition) is 9. The summed E-state index contributed by atoms with van der Waals surface area (Å²) in [5.74, 6) is -0.379. The number of nitrogens with zero attached hydrogens (tertiary/aromatic N) is 2. The van der Waals surface area contributed by atoms with Crippen LogP contribution in [0.15, 0.2) is 63.4 Å². The Labute approximate surface area is 177 Å². The van der Waals surface area contributed by atoms with Crippen LogP contribution in [0.1, 0.15) is 12.6 Å². The third kappa shape index (κ3) is 7.09. The average Bonchev–Trinajstić information content (AvgIpc) is 3.16. The van der Waals surface area contributed by atoms with Crippen LogP contribution in [0.5, 0.6) is 0 Å². The zero-order valence-electron chi connectivity index (χ0n) is 15.1. The van der Waals surface area contributed by atoms with E-state index < -0.39 is 14.2 Å². The van der Waals surface area contributed by atoms with E-state index in [1.807, 2.05) is 12.1 Å². The number of aromatic nitrogens is 2. The largest absolute Gasteiger partial charge is 0.390 e. The molecule has 0 spiro atoms. The molecule has 0 aliphatic carbocycles. The van der Waals surface area contributed by atoms with Crippen molar-refractivity contribution >= 4 is 53.2 Å². The average molecular weight is 499 g/mol. The van der Waals surface area contributed by atoms with Crippen LogP contribution in [0.2, 0.25) is 0 Å². The number of aliphatic hydroxyl groups excluding tert-OH is 1. The van der Waals surface area contributed by atoms with Crippen molar-refractivity contribution in [3.05, 3.63) is 60.0 Å². The van der Waals surface area contributed by atoms with Gasteiger partial charge in [0, 0.05) is 17.3 Å². The second-order valence-electron chi connectivity index (χ2n) is 5.33. The third-order valence-electron chi connectivity index (χ3n) is 3.24. The summed E-state index contributed by atoms with van der Waals surface area (Å²) in [6.07, 6.45) is 3.50. The maximum Gasteiger partial charge on any atom is 0.0907 e. The molecule has 0 aliphatic rings. The molecule has 1 amide bonds. The Morgan fingerprint density at radius 2 is 1.97 bits per heavy atom. The Balaban J connectivity index is 0.000000207. The minimum absolute atomic E-state index is 0.00306. The minimum Gasteiger partial charge on any atom is -0.390 e. The summed E-state index contributed by atoms with van der Waals surface area (Å²) in [6, 6.07) is 9.71. The van der Waals surface area contributed by atoms with Crippen molar-refractivity contribution in [3.63, 3.8) is 0 Å². The molecule has 1 aromatic carbocycles. The van der Waals surface area contributed by atoms with Crippen molar-refractivity contribution < 1.29 is 26.9 Å². The minimum atomic E-state index is -4.92. The number of anilines is 1. The summed E-state index contributed by atoms with van der Waals surface area (Å²) in [5.41, 5.74) is 2.65. The van der Waals surface area contributed by atoms with Crippen molar-refractivity contribution in [2.45, 2.75) is 22.6 Å². The van der Waals surface area contributed by atoms with Crippen LogP contribution in [0.25, 0.3) is 0 Å². The molecule has 154 valence electrons. The number of carbonyl (C=O) groups is 1. The maximum absolute atomic E-state index is 11.4. The molecular weight excluding hydrogens is 481 g/mol. The molecule has 29 heavy (non-hydrogen) atoms. The molecule has 2 aromatic heterocycles. The van der Waals surface area contributed by atoms with E-state index >= 15 is 0 Å². The first-order valence-corrected chi connectivity index (χ1v) is 13.0. The number of thiazole rings is 1. The van der Waals surface area contributed by atoms with Crippen LogP contribution < -0.4 is 9.67 Å². The van der Waals surface area contributed by atoms with Crippen LogP contribution in [-0.2, 0) is 19.0 Å². The van der Waals surface area contributed by atoms with Gasteiger partial charge in [-0.15, -0.1) is 11.3 Å². The number of rotatable bonds is 6. The fourth-order valence-corrected chi connectivity index (χ4v) is 5.54. The van der Waals surface area contributed by atoms with E-state index in [0.29, 0.717) is 0 Å². The molecule has 0 bridgehead atoms. The molecule has 3 aromatic rings. The first-order valence-electron chi connectivity index (χ1n) is 8.01. The van der Waals surface area contributed by atoms with Gasteiger partial charge in [0.1, 0.15) is 0 Å². The predicted octanol–water partition coefficient (Wildman–Crippen LogP) is 1.88. The summed E-state index contributed by atoms with van der Waals surface area (Å²) in [6.45, 7) is 1.27. The van der Waals surface area contributed by atoms with Gasteiger partial charge in [-0.05, 0) is 12.1 Å². The van der Waals surface area contributed by atoms with Crippen LogP contribution in [-0.4, -0.2) is 44.5 Å². The van der Waals surface area contributed by atoms with Crippen molar-refractivity contribution in [2.75, 3.05) is 5.32 Å². The molecule has 4 N–H and O–H groups in total. The maximum atomic E-state index is 11.4. The van der Waals surface area contributed by atoms with E-state index in [2.05, 4.69) is 19.2 Å². The standard InChI is InChI=1S/C9H8N2OS2.C8H10AsNO5/c12-5-8-9(13-6-11-8)14-7-1-3-10-4-2-7;1-6(11)10-8-5-3-2-4-7(8)9(12,13)15-14/h1-4,6,12H,5H2;2-5,14H,1H3,(H,10,11)(H,12,13). The first kappa shape index (κ1) is 23.3. The first-order chi connectivity index (χ1) is 13.9. The quantitative estimate of drug-likeness (QED) is 0.227.